The first-order chi connectivity index (χ1) is 12.7. The average molecular weight is 373 g/mol. The molecule has 8 nitrogen and oxygen atoms in total. The van der Waals surface area contributed by atoms with Crippen molar-refractivity contribution >= 4 is 23.8 Å². The lowest BCUT2D eigenvalue weighted by Gasteiger charge is -2.29. The molecule has 0 bridgehead atoms. The molecule has 27 heavy (non-hydrogen) atoms. The third kappa shape index (κ3) is 4.10. The molecule has 1 aromatic rings. The summed E-state index contributed by atoms with van der Waals surface area (Å²) in [5.74, 6) is -1.02. The monoisotopic (exact) mass is 373 g/mol. The molecule has 2 N–H and O–H groups in total. The summed E-state index contributed by atoms with van der Waals surface area (Å²) in [6, 6.07) is 4.75. The van der Waals surface area contributed by atoms with Crippen LogP contribution in [0.4, 0.5) is 4.79 Å². The molecule has 144 valence electrons. The Labute approximate surface area is 157 Å². The van der Waals surface area contributed by atoms with Crippen LogP contribution in [-0.4, -0.2) is 40.4 Å². The van der Waals surface area contributed by atoms with Crippen LogP contribution < -0.4 is 10.6 Å². The number of nitrogens with one attached hydrogen (secondary N) is 2. The highest BCUT2D eigenvalue weighted by atomic mass is 16.6. The summed E-state index contributed by atoms with van der Waals surface area (Å²) in [6.07, 6.45) is -0.0352. The first-order valence-corrected chi connectivity index (χ1v) is 8.88. The molecular weight excluding hydrogens is 350 g/mol. The fourth-order valence-corrected chi connectivity index (χ4v) is 3.32. The van der Waals surface area contributed by atoms with E-state index in [1.54, 1.807) is 26.8 Å². The van der Waals surface area contributed by atoms with Gasteiger partial charge in [0.1, 0.15) is 11.6 Å². The predicted molar refractivity (Wildman–Crippen MR) is 95.6 cm³/mol. The van der Waals surface area contributed by atoms with Gasteiger partial charge in [0.25, 0.3) is 5.91 Å². The van der Waals surface area contributed by atoms with Crippen molar-refractivity contribution in [3.05, 3.63) is 34.9 Å². The molecule has 2 aliphatic rings. The maximum Gasteiger partial charge on any atom is 0.407 e. The standard InChI is InChI=1S/C19H23N3O5/c1-19(2,3)27-18(26)20-9-11-5-4-6-12-10-22(17(25)15(11)12)13-7-8-14(23)21-16(13)24/h4-6,13H,7-10H2,1-3H3,(H,20,26)(H,21,23,24). The Kier molecular flexibility index (Phi) is 4.91. The van der Waals surface area contributed by atoms with Crippen LogP contribution in [0.2, 0.25) is 0 Å². The van der Waals surface area contributed by atoms with Gasteiger partial charge in [-0.3, -0.25) is 19.7 Å². The van der Waals surface area contributed by atoms with Crippen LogP contribution in [0, 0.1) is 0 Å². The average Bonchev–Trinajstić information content (AvgIpc) is 2.89. The smallest absolute Gasteiger partial charge is 0.407 e. The minimum absolute atomic E-state index is 0.146. The quantitative estimate of drug-likeness (QED) is 0.781. The van der Waals surface area contributed by atoms with Crippen molar-refractivity contribution in [1.82, 2.24) is 15.5 Å². The molecule has 1 atom stereocenters. The summed E-state index contributed by atoms with van der Waals surface area (Å²) in [5.41, 5.74) is 1.35. The van der Waals surface area contributed by atoms with E-state index in [1.165, 1.54) is 4.90 Å². The second-order valence-electron chi connectivity index (χ2n) is 7.71. The Bertz CT molecular complexity index is 812. The Morgan fingerprint density at radius 2 is 2.04 bits per heavy atom. The van der Waals surface area contributed by atoms with Crippen molar-refractivity contribution in [2.45, 2.75) is 58.3 Å². The summed E-state index contributed by atoms with van der Waals surface area (Å²) in [5, 5.41) is 4.94. The van der Waals surface area contributed by atoms with E-state index in [0.717, 1.165) is 5.56 Å². The number of rotatable bonds is 3. The Balaban J connectivity index is 1.74. The van der Waals surface area contributed by atoms with Gasteiger partial charge in [0.2, 0.25) is 11.8 Å². The summed E-state index contributed by atoms with van der Waals surface area (Å²) in [7, 11) is 0. The summed E-state index contributed by atoms with van der Waals surface area (Å²) in [4.78, 5) is 49.8. The Morgan fingerprint density at radius 3 is 2.70 bits per heavy atom. The van der Waals surface area contributed by atoms with Crippen LogP contribution in [0.3, 0.4) is 0 Å². The second kappa shape index (κ2) is 7.02. The molecule has 1 fully saturated rings. The molecule has 2 heterocycles. The van der Waals surface area contributed by atoms with Crippen molar-refractivity contribution < 1.29 is 23.9 Å². The number of benzene rings is 1. The fraction of sp³-hybridized carbons (Fsp3) is 0.474. The maximum atomic E-state index is 12.9. The number of amides is 4. The molecule has 3 rings (SSSR count). The lowest BCUT2D eigenvalue weighted by atomic mass is 10.0. The van der Waals surface area contributed by atoms with Crippen molar-refractivity contribution in [3.8, 4) is 0 Å². The highest BCUT2D eigenvalue weighted by Crippen LogP contribution is 2.29. The zero-order chi connectivity index (χ0) is 19.8. The minimum Gasteiger partial charge on any atom is -0.444 e. The van der Waals surface area contributed by atoms with Gasteiger partial charge in [0.05, 0.1) is 0 Å². The number of hydrogen-bond acceptors (Lipinski definition) is 5. The molecule has 1 aromatic carbocycles. The van der Waals surface area contributed by atoms with E-state index >= 15 is 0 Å². The van der Waals surface area contributed by atoms with Crippen molar-refractivity contribution in [2.24, 2.45) is 0 Å². The minimum atomic E-state index is -0.658. The van der Waals surface area contributed by atoms with Gasteiger partial charge in [0.15, 0.2) is 0 Å². The number of piperidine rings is 1. The van der Waals surface area contributed by atoms with Crippen molar-refractivity contribution in [3.63, 3.8) is 0 Å². The molecule has 0 aliphatic carbocycles. The first kappa shape index (κ1) is 18.9. The summed E-state index contributed by atoms with van der Waals surface area (Å²) < 4.78 is 5.22. The number of ether oxygens (including phenoxy) is 1. The molecule has 0 saturated carbocycles. The third-order valence-corrected chi connectivity index (χ3v) is 4.46. The molecule has 8 heteroatoms. The van der Waals surface area contributed by atoms with Gasteiger partial charge >= 0.3 is 6.09 Å². The fourth-order valence-electron chi connectivity index (χ4n) is 3.32. The normalized spacial score (nSPS) is 19.6. The van der Waals surface area contributed by atoms with E-state index < -0.39 is 23.6 Å². The van der Waals surface area contributed by atoms with Crippen LogP contribution in [0.1, 0.15) is 55.1 Å². The number of hydrogen-bond donors (Lipinski definition) is 2. The maximum absolute atomic E-state index is 12.9. The highest BCUT2D eigenvalue weighted by molar-refractivity contribution is 6.06. The highest BCUT2D eigenvalue weighted by Gasteiger charge is 2.39. The summed E-state index contributed by atoms with van der Waals surface area (Å²) >= 11 is 0. The molecule has 1 unspecified atom stereocenters. The second-order valence-corrected chi connectivity index (χ2v) is 7.71. The molecule has 2 aliphatic heterocycles. The van der Waals surface area contributed by atoms with Gasteiger partial charge in [-0.05, 0) is 38.3 Å². The van der Waals surface area contributed by atoms with Gasteiger partial charge in [0, 0.05) is 25.1 Å². The molecular formula is C19H23N3O5. The number of nitrogens with zero attached hydrogens (tertiary/aromatic N) is 1. The number of fused-ring (bicyclic) bond motifs is 1. The lowest BCUT2D eigenvalue weighted by Crippen LogP contribution is -2.52. The molecule has 1 saturated heterocycles. The first-order valence-electron chi connectivity index (χ1n) is 8.88. The van der Waals surface area contributed by atoms with Crippen LogP contribution >= 0.6 is 0 Å². The zero-order valence-corrected chi connectivity index (χ0v) is 15.6. The van der Waals surface area contributed by atoms with Gasteiger partial charge in [-0.25, -0.2) is 4.79 Å². The zero-order valence-electron chi connectivity index (χ0n) is 15.6. The largest absolute Gasteiger partial charge is 0.444 e. The number of alkyl carbamates (subject to hydrolysis) is 1. The summed E-state index contributed by atoms with van der Waals surface area (Å²) in [6.45, 7) is 5.77. The Hall–Kier alpha value is -2.90. The van der Waals surface area contributed by atoms with Crippen LogP contribution in [0.5, 0.6) is 0 Å². The van der Waals surface area contributed by atoms with E-state index in [4.69, 9.17) is 4.74 Å². The van der Waals surface area contributed by atoms with Gasteiger partial charge in [-0.2, -0.15) is 0 Å². The van der Waals surface area contributed by atoms with Crippen LogP contribution in [0.25, 0.3) is 0 Å². The van der Waals surface area contributed by atoms with E-state index in [1.807, 2.05) is 12.1 Å². The van der Waals surface area contributed by atoms with E-state index in [-0.39, 0.29) is 24.8 Å². The predicted octanol–water partition coefficient (Wildman–Crippen LogP) is 1.47. The van der Waals surface area contributed by atoms with Crippen molar-refractivity contribution in [1.29, 1.82) is 0 Å². The molecule has 4 amide bonds. The Morgan fingerprint density at radius 1 is 1.30 bits per heavy atom. The van der Waals surface area contributed by atoms with Crippen LogP contribution in [0.15, 0.2) is 18.2 Å². The third-order valence-electron chi connectivity index (χ3n) is 4.46. The number of imide groups is 1. The molecule has 0 spiro atoms. The molecule has 0 radical (unpaired) electrons. The topological polar surface area (TPSA) is 105 Å². The van der Waals surface area contributed by atoms with Gasteiger partial charge in [-0.15, -0.1) is 0 Å². The van der Waals surface area contributed by atoms with Crippen LogP contribution in [-0.2, 0) is 27.4 Å². The van der Waals surface area contributed by atoms with Gasteiger partial charge < -0.3 is 15.0 Å². The SMILES string of the molecule is CC(C)(C)OC(=O)NCc1cccc2c1C(=O)N(C1CCC(=O)NC1=O)C2. The van der Waals surface area contributed by atoms with E-state index in [2.05, 4.69) is 10.6 Å². The number of carbonyl (C=O) groups is 4. The molecule has 0 aromatic heterocycles. The van der Waals surface area contributed by atoms with E-state index in [0.29, 0.717) is 24.1 Å². The lowest BCUT2D eigenvalue weighted by molar-refractivity contribution is -0.136. The van der Waals surface area contributed by atoms with E-state index in [9.17, 15) is 19.2 Å². The number of carbonyl (C=O) groups excluding carboxylic acids is 4. The van der Waals surface area contributed by atoms with Crippen molar-refractivity contribution in [2.75, 3.05) is 0 Å². The van der Waals surface area contributed by atoms with Gasteiger partial charge in [-0.1, -0.05) is 18.2 Å².